The number of aromatic nitrogens is 3. The molecular formula is C13H15ClN4O. The standard InChI is InChI=1S/C13H15ClN4O/c1-8(2)12(19)16-13-15-11(17-18-13)7-9-3-5-10(14)6-4-9/h3-6,8H,7H2,1-2H3,(H2,15,16,17,18,19). The molecule has 2 N–H and O–H groups in total. The van der Waals surface area contributed by atoms with Crippen molar-refractivity contribution in [3.8, 4) is 0 Å². The number of carbonyl (C=O) groups excluding carboxylic acids is 1. The molecule has 2 aromatic rings. The highest BCUT2D eigenvalue weighted by Crippen LogP contribution is 2.12. The van der Waals surface area contributed by atoms with Gasteiger partial charge in [0.15, 0.2) is 0 Å². The Hall–Kier alpha value is -1.88. The minimum atomic E-state index is -0.1000. The van der Waals surface area contributed by atoms with Gasteiger partial charge in [0.05, 0.1) is 0 Å². The van der Waals surface area contributed by atoms with Gasteiger partial charge in [-0.05, 0) is 17.7 Å². The van der Waals surface area contributed by atoms with Crippen molar-refractivity contribution in [3.63, 3.8) is 0 Å². The lowest BCUT2D eigenvalue weighted by molar-refractivity contribution is -0.118. The maximum Gasteiger partial charge on any atom is 0.248 e. The maximum absolute atomic E-state index is 11.5. The summed E-state index contributed by atoms with van der Waals surface area (Å²) in [5.74, 6) is 0.805. The van der Waals surface area contributed by atoms with E-state index in [1.165, 1.54) is 0 Å². The Morgan fingerprint density at radius 2 is 2.05 bits per heavy atom. The Balaban J connectivity index is 2.01. The van der Waals surface area contributed by atoms with Crippen molar-refractivity contribution in [1.29, 1.82) is 0 Å². The highest BCUT2D eigenvalue weighted by molar-refractivity contribution is 6.30. The number of hydrogen-bond acceptors (Lipinski definition) is 3. The lowest BCUT2D eigenvalue weighted by Gasteiger charge is -2.02. The van der Waals surface area contributed by atoms with Crippen LogP contribution in [0, 0.1) is 5.92 Å². The Kier molecular flexibility index (Phi) is 4.16. The fourth-order valence-electron chi connectivity index (χ4n) is 1.48. The largest absolute Gasteiger partial charge is 0.293 e. The molecule has 0 atom stereocenters. The highest BCUT2D eigenvalue weighted by atomic mass is 35.5. The normalized spacial score (nSPS) is 10.7. The topological polar surface area (TPSA) is 70.7 Å². The van der Waals surface area contributed by atoms with Gasteiger partial charge in [0.1, 0.15) is 5.82 Å². The van der Waals surface area contributed by atoms with Crippen molar-refractivity contribution in [2.75, 3.05) is 5.32 Å². The molecule has 2 rings (SSSR count). The molecule has 0 fully saturated rings. The number of rotatable bonds is 4. The third-order valence-corrected chi connectivity index (χ3v) is 2.83. The van der Waals surface area contributed by atoms with E-state index in [-0.39, 0.29) is 11.8 Å². The van der Waals surface area contributed by atoms with E-state index in [1.807, 2.05) is 38.1 Å². The van der Waals surface area contributed by atoms with Gasteiger partial charge < -0.3 is 0 Å². The van der Waals surface area contributed by atoms with E-state index >= 15 is 0 Å². The zero-order valence-corrected chi connectivity index (χ0v) is 11.5. The molecule has 0 saturated heterocycles. The lowest BCUT2D eigenvalue weighted by atomic mass is 10.1. The molecule has 0 aliphatic heterocycles. The zero-order valence-electron chi connectivity index (χ0n) is 10.8. The van der Waals surface area contributed by atoms with Crippen LogP contribution in [0.2, 0.25) is 5.02 Å². The molecule has 0 saturated carbocycles. The van der Waals surface area contributed by atoms with E-state index < -0.39 is 0 Å². The monoisotopic (exact) mass is 278 g/mol. The predicted octanol–water partition coefficient (Wildman–Crippen LogP) is 2.64. The summed E-state index contributed by atoms with van der Waals surface area (Å²) in [5, 5.41) is 10.1. The van der Waals surface area contributed by atoms with Crippen LogP contribution in [0.25, 0.3) is 0 Å². The van der Waals surface area contributed by atoms with Crippen LogP contribution < -0.4 is 5.32 Å². The summed E-state index contributed by atoms with van der Waals surface area (Å²) in [6.07, 6.45) is 0.613. The fourth-order valence-corrected chi connectivity index (χ4v) is 1.61. The first-order chi connectivity index (χ1) is 9.04. The first-order valence-corrected chi connectivity index (χ1v) is 6.39. The smallest absolute Gasteiger partial charge is 0.248 e. The molecule has 0 aliphatic rings. The van der Waals surface area contributed by atoms with Gasteiger partial charge in [-0.2, -0.15) is 4.98 Å². The summed E-state index contributed by atoms with van der Waals surface area (Å²) < 4.78 is 0. The predicted molar refractivity (Wildman–Crippen MR) is 74.1 cm³/mol. The molecule has 19 heavy (non-hydrogen) atoms. The van der Waals surface area contributed by atoms with E-state index in [0.717, 1.165) is 5.56 Å². The van der Waals surface area contributed by atoms with E-state index in [9.17, 15) is 4.79 Å². The number of benzene rings is 1. The van der Waals surface area contributed by atoms with Crippen LogP contribution in [0.5, 0.6) is 0 Å². The number of nitrogens with one attached hydrogen (secondary N) is 2. The van der Waals surface area contributed by atoms with Crippen LogP contribution in [0.15, 0.2) is 24.3 Å². The summed E-state index contributed by atoms with van der Waals surface area (Å²) in [5.41, 5.74) is 1.07. The lowest BCUT2D eigenvalue weighted by Crippen LogP contribution is -2.18. The molecule has 1 aromatic carbocycles. The molecule has 100 valence electrons. The number of anilines is 1. The molecule has 0 aliphatic carbocycles. The molecule has 0 bridgehead atoms. The number of H-pyrrole nitrogens is 1. The van der Waals surface area contributed by atoms with Gasteiger partial charge >= 0.3 is 0 Å². The van der Waals surface area contributed by atoms with E-state index in [2.05, 4.69) is 20.5 Å². The van der Waals surface area contributed by atoms with Crippen molar-refractivity contribution in [3.05, 3.63) is 40.7 Å². The molecule has 0 spiro atoms. The average molecular weight is 279 g/mol. The second kappa shape index (κ2) is 5.84. The summed E-state index contributed by atoms with van der Waals surface area (Å²) in [4.78, 5) is 15.7. The summed E-state index contributed by atoms with van der Waals surface area (Å²) >= 11 is 5.82. The number of amides is 1. The van der Waals surface area contributed by atoms with Gasteiger partial charge in [0.2, 0.25) is 11.9 Å². The Bertz CT molecular complexity index is 562. The SMILES string of the molecule is CC(C)C(=O)Nc1n[nH]c(Cc2ccc(Cl)cc2)n1. The number of hydrogen-bond donors (Lipinski definition) is 2. The molecule has 0 radical (unpaired) electrons. The van der Waals surface area contributed by atoms with Crippen molar-refractivity contribution >= 4 is 23.5 Å². The highest BCUT2D eigenvalue weighted by Gasteiger charge is 2.10. The molecule has 1 aromatic heterocycles. The van der Waals surface area contributed by atoms with Crippen LogP contribution in [-0.4, -0.2) is 21.1 Å². The summed E-state index contributed by atoms with van der Waals surface area (Å²) in [6.45, 7) is 3.63. The van der Waals surface area contributed by atoms with Gasteiger partial charge in [0, 0.05) is 17.4 Å². The van der Waals surface area contributed by atoms with E-state index in [1.54, 1.807) is 0 Å². The Morgan fingerprint density at radius 1 is 1.37 bits per heavy atom. The van der Waals surface area contributed by atoms with Gasteiger partial charge in [-0.1, -0.05) is 37.6 Å². The second-order valence-electron chi connectivity index (χ2n) is 4.55. The molecule has 1 heterocycles. The molecule has 6 heteroatoms. The van der Waals surface area contributed by atoms with Gasteiger partial charge in [-0.3, -0.25) is 15.2 Å². The van der Waals surface area contributed by atoms with E-state index in [0.29, 0.717) is 23.2 Å². The van der Waals surface area contributed by atoms with Crippen LogP contribution in [-0.2, 0) is 11.2 Å². The fraction of sp³-hybridized carbons (Fsp3) is 0.308. The van der Waals surface area contributed by atoms with Gasteiger partial charge in [-0.25, -0.2) is 0 Å². The van der Waals surface area contributed by atoms with Crippen LogP contribution in [0.1, 0.15) is 25.2 Å². The van der Waals surface area contributed by atoms with Crippen LogP contribution >= 0.6 is 11.6 Å². The van der Waals surface area contributed by atoms with Crippen LogP contribution in [0.3, 0.4) is 0 Å². The molecule has 5 nitrogen and oxygen atoms in total. The number of nitrogens with zero attached hydrogens (tertiary/aromatic N) is 2. The van der Waals surface area contributed by atoms with Crippen molar-refractivity contribution < 1.29 is 4.79 Å². The average Bonchev–Trinajstić information content (AvgIpc) is 2.79. The first kappa shape index (κ1) is 13.5. The zero-order chi connectivity index (χ0) is 13.8. The molecule has 0 unspecified atom stereocenters. The van der Waals surface area contributed by atoms with Gasteiger partial charge in [-0.15, -0.1) is 5.10 Å². The Morgan fingerprint density at radius 3 is 2.68 bits per heavy atom. The van der Waals surface area contributed by atoms with Crippen molar-refractivity contribution in [2.24, 2.45) is 5.92 Å². The first-order valence-electron chi connectivity index (χ1n) is 6.01. The third-order valence-electron chi connectivity index (χ3n) is 2.58. The molecule has 1 amide bonds. The number of aromatic amines is 1. The maximum atomic E-state index is 11.5. The quantitative estimate of drug-likeness (QED) is 0.903. The minimum Gasteiger partial charge on any atom is -0.293 e. The molecular weight excluding hydrogens is 264 g/mol. The van der Waals surface area contributed by atoms with Crippen LogP contribution in [0.4, 0.5) is 5.95 Å². The number of carbonyl (C=O) groups is 1. The minimum absolute atomic E-state index is 0.0989. The van der Waals surface area contributed by atoms with E-state index in [4.69, 9.17) is 11.6 Å². The summed E-state index contributed by atoms with van der Waals surface area (Å²) in [6, 6.07) is 7.51. The van der Waals surface area contributed by atoms with Crippen molar-refractivity contribution in [1.82, 2.24) is 15.2 Å². The second-order valence-corrected chi connectivity index (χ2v) is 4.99. The third kappa shape index (κ3) is 3.79. The van der Waals surface area contributed by atoms with Crippen molar-refractivity contribution in [2.45, 2.75) is 20.3 Å². The summed E-state index contributed by atoms with van der Waals surface area (Å²) in [7, 11) is 0. The van der Waals surface area contributed by atoms with Gasteiger partial charge in [0.25, 0.3) is 0 Å². The Labute approximate surface area is 116 Å². The number of halogens is 1.